The fourth-order valence-corrected chi connectivity index (χ4v) is 0.813. The van der Waals surface area contributed by atoms with Crippen molar-refractivity contribution in [2.45, 2.75) is 19.3 Å². The van der Waals surface area contributed by atoms with E-state index in [-0.39, 0.29) is 31.0 Å². The van der Waals surface area contributed by atoms with Gasteiger partial charge in [-0.15, -0.1) is 0 Å². The molecule has 8 heteroatoms. The van der Waals surface area contributed by atoms with Crippen molar-refractivity contribution in [3.05, 3.63) is 0 Å². The van der Waals surface area contributed by atoms with Crippen LogP contribution in [0.15, 0.2) is 0 Å². The molecular formula is C3H10NaO6P. The number of aliphatic hydroxyl groups is 2. The average molecular weight is 196 g/mol. The summed E-state index contributed by atoms with van der Waals surface area (Å²) >= 11 is 0. The largest absolute Gasteiger partial charge is 1.00 e. The van der Waals surface area contributed by atoms with Gasteiger partial charge in [0.15, 0.2) is 6.29 Å². The molecule has 0 aromatic rings. The minimum absolute atomic E-state index is 0. The maximum absolute atomic E-state index is 10.00. The number of hydrogen-bond acceptors (Lipinski definition) is 4. The summed E-state index contributed by atoms with van der Waals surface area (Å²) in [7, 11) is -4.60. The van der Waals surface area contributed by atoms with Crippen molar-refractivity contribution in [3.8, 4) is 0 Å². The van der Waals surface area contributed by atoms with Gasteiger partial charge in [0.2, 0.25) is 0 Å². The average Bonchev–Trinajstić information content (AvgIpc) is 1.60. The summed E-state index contributed by atoms with van der Waals surface area (Å²) in [4.78, 5) is 16.2. The monoisotopic (exact) mass is 196 g/mol. The van der Waals surface area contributed by atoms with E-state index < -0.39 is 20.2 Å². The van der Waals surface area contributed by atoms with Crippen molar-refractivity contribution >= 4 is 7.82 Å². The van der Waals surface area contributed by atoms with Crippen LogP contribution in [0.1, 0.15) is 8.35 Å². The maximum atomic E-state index is 10.00. The number of phosphoric ester groups is 1. The van der Waals surface area contributed by atoms with E-state index in [1.165, 1.54) is 0 Å². The van der Waals surface area contributed by atoms with Crippen LogP contribution in [0, 0.1) is 0 Å². The Morgan fingerprint density at radius 2 is 1.82 bits per heavy atom. The Hall–Kier alpha value is 1.03. The molecule has 0 radical (unpaired) electrons. The van der Waals surface area contributed by atoms with Crippen molar-refractivity contribution in [2.24, 2.45) is 0 Å². The van der Waals surface area contributed by atoms with E-state index in [0.717, 1.165) is 6.92 Å². The van der Waals surface area contributed by atoms with Gasteiger partial charge in [0.25, 0.3) is 0 Å². The molecule has 4 N–H and O–H groups in total. The Morgan fingerprint density at radius 1 is 1.45 bits per heavy atom. The van der Waals surface area contributed by atoms with Crippen LogP contribution in [0.25, 0.3) is 0 Å². The zero-order chi connectivity index (χ0) is 8.36. The van der Waals surface area contributed by atoms with Gasteiger partial charge < -0.3 is 21.4 Å². The van der Waals surface area contributed by atoms with E-state index in [4.69, 9.17) is 20.0 Å². The Labute approximate surface area is 87.2 Å². The number of rotatable bonds is 3. The van der Waals surface area contributed by atoms with Crippen LogP contribution in [0.2, 0.25) is 0 Å². The molecule has 0 amide bonds. The molecule has 0 saturated heterocycles. The summed E-state index contributed by atoms with van der Waals surface area (Å²) < 4.78 is 13.9. The molecule has 1 unspecified atom stereocenters. The van der Waals surface area contributed by atoms with Crippen LogP contribution in [0.4, 0.5) is 0 Å². The van der Waals surface area contributed by atoms with E-state index >= 15 is 0 Å². The Bertz CT molecular complexity index is 148. The SMILES string of the molecule is CC(OP(=O)(O)O)C(O)O.[H-].[Na+]. The maximum Gasteiger partial charge on any atom is 1.00 e. The third-order valence-electron chi connectivity index (χ3n) is 0.723. The van der Waals surface area contributed by atoms with Crippen molar-refractivity contribution in [1.82, 2.24) is 0 Å². The molecule has 0 aliphatic carbocycles. The second-order valence-electron chi connectivity index (χ2n) is 1.71. The Morgan fingerprint density at radius 3 is 1.91 bits per heavy atom. The predicted octanol–water partition coefficient (Wildman–Crippen LogP) is -4.09. The van der Waals surface area contributed by atoms with Gasteiger partial charge >= 0.3 is 37.4 Å². The van der Waals surface area contributed by atoms with Gasteiger partial charge in [0, 0.05) is 0 Å². The fraction of sp³-hybridized carbons (Fsp3) is 1.00. The summed E-state index contributed by atoms with van der Waals surface area (Å²) in [5.74, 6) is 0. The van der Waals surface area contributed by atoms with E-state index in [9.17, 15) is 4.57 Å². The first-order valence-electron chi connectivity index (χ1n) is 2.43. The summed E-state index contributed by atoms with van der Waals surface area (Å²) in [6, 6.07) is 0. The molecule has 1 atom stereocenters. The van der Waals surface area contributed by atoms with Crippen molar-refractivity contribution in [3.63, 3.8) is 0 Å². The number of aliphatic hydroxyl groups excluding tert-OH is 1. The van der Waals surface area contributed by atoms with Crippen LogP contribution in [0.5, 0.6) is 0 Å². The molecule has 0 spiro atoms. The van der Waals surface area contributed by atoms with Gasteiger partial charge in [0.1, 0.15) is 6.10 Å². The third kappa shape index (κ3) is 8.94. The second kappa shape index (κ2) is 5.64. The van der Waals surface area contributed by atoms with Crippen molar-refractivity contribution in [2.75, 3.05) is 0 Å². The smallest absolute Gasteiger partial charge is 1.00 e. The standard InChI is InChI=1S/C3H9O6P.Na.H/c1-2(3(4)5)9-10(6,7)8;;/h2-5H,1H3,(H2,6,7,8);;/q;+1;-1. The van der Waals surface area contributed by atoms with Gasteiger partial charge in [-0.2, -0.15) is 0 Å². The van der Waals surface area contributed by atoms with Gasteiger partial charge in [-0.05, 0) is 6.92 Å². The van der Waals surface area contributed by atoms with Crippen molar-refractivity contribution in [1.29, 1.82) is 0 Å². The molecule has 0 aliphatic heterocycles. The normalized spacial score (nSPS) is 14.4. The third-order valence-corrected chi connectivity index (χ3v) is 1.33. The number of hydrogen-bond donors (Lipinski definition) is 4. The van der Waals surface area contributed by atoms with Crippen LogP contribution in [0.3, 0.4) is 0 Å². The van der Waals surface area contributed by atoms with E-state index in [1.54, 1.807) is 0 Å². The first-order chi connectivity index (χ1) is 4.33. The number of phosphoric acid groups is 1. The first kappa shape index (κ1) is 14.5. The van der Waals surface area contributed by atoms with Gasteiger partial charge in [-0.3, -0.25) is 4.52 Å². The van der Waals surface area contributed by atoms with Crippen LogP contribution >= 0.6 is 7.82 Å². The van der Waals surface area contributed by atoms with Gasteiger partial charge in [-0.25, -0.2) is 4.57 Å². The summed E-state index contributed by atoms with van der Waals surface area (Å²) in [5.41, 5.74) is 0. The molecule has 0 aromatic carbocycles. The molecule has 0 heterocycles. The van der Waals surface area contributed by atoms with E-state index in [0.29, 0.717) is 0 Å². The zero-order valence-corrected chi connectivity index (χ0v) is 9.10. The van der Waals surface area contributed by atoms with Crippen molar-refractivity contribution < 1.29 is 60.1 Å². The molecule has 0 aromatic heterocycles. The topological polar surface area (TPSA) is 107 Å². The van der Waals surface area contributed by atoms with Crippen LogP contribution < -0.4 is 29.6 Å². The molecule has 64 valence electrons. The van der Waals surface area contributed by atoms with Crippen LogP contribution in [-0.4, -0.2) is 32.4 Å². The van der Waals surface area contributed by atoms with Crippen LogP contribution in [-0.2, 0) is 9.09 Å². The molecule has 0 rings (SSSR count). The molecule has 0 bridgehead atoms. The molecule has 11 heavy (non-hydrogen) atoms. The second-order valence-corrected chi connectivity index (χ2v) is 2.91. The van der Waals surface area contributed by atoms with E-state index in [2.05, 4.69) is 4.52 Å². The summed E-state index contributed by atoms with van der Waals surface area (Å²) in [6.45, 7) is 1.13. The zero-order valence-electron chi connectivity index (χ0n) is 7.21. The fourth-order valence-electron chi connectivity index (χ4n) is 0.271. The summed E-state index contributed by atoms with van der Waals surface area (Å²) in [6.07, 6.45) is -3.17. The minimum atomic E-state index is -4.60. The van der Waals surface area contributed by atoms with E-state index in [1.807, 2.05) is 0 Å². The Balaban J connectivity index is -0.000000405. The van der Waals surface area contributed by atoms with Gasteiger partial charge in [-0.1, -0.05) is 0 Å². The molecular weight excluding hydrogens is 186 g/mol. The summed E-state index contributed by atoms with van der Waals surface area (Å²) in [5, 5.41) is 16.5. The minimum Gasteiger partial charge on any atom is -1.00 e. The molecule has 6 nitrogen and oxygen atoms in total. The quantitative estimate of drug-likeness (QED) is 0.208. The molecule has 0 aliphatic rings. The predicted molar refractivity (Wildman–Crippen MR) is 31.9 cm³/mol. The Kier molecular flexibility index (Phi) is 7.46. The molecule has 0 fully saturated rings. The van der Waals surface area contributed by atoms with Gasteiger partial charge in [0.05, 0.1) is 0 Å². The first-order valence-corrected chi connectivity index (χ1v) is 3.96. The molecule has 0 saturated carbocycles.